The van der Waals surface area contributed by atoms with Crippen LogP contribution < -0.4 is 0 Å². The van der Waals surface area contributed by atoms with Crippen molar-refractivity contribution in [3.8, 4) is 10.4 Å². The van der Waals surface area contributed by atoms with Gasteiger partial charge in [-0.3, -0.25) is 0 Å². The molecule has 2 heterocycles. The van der Waals surface area contributed by atoms with E-state index in [4.69, 9.17) is 0 Å². The van der Waals surface area contributed by atoms with Gasteiger partial charge in [0.25, 0.3) is 0 Å². The second kappa shape index (κ2) is 6.56. The Labute approximate surface area is 201 Å². The summed E-state index contributed by atoms with van der Waals surface area (Å²) in [7, 11) is 0. The minimum Gasteiger partial charge on any atom is -0.144 e. The van der Waals surface area contributed by atoms with Crippen LogP contribution in [0.3, 0.4) is 0 Å². The van der Waals surface area contributed by atoms with Crippen molar-refractivity contribution in [1.29, 1.82) is 0 Å². The van der Waals surface area contributed by atoms with Crippen LogP contribution in [0.25, 0.3) is 57.7 Å². The molecule has 160 valence electrons. The summed E-state index contributed by atoms with van der Waals surface area (Å²) in [4.78, 5) is 1.37. The van der Waals surface area contributed by atoms with Gasteiger partial charge < -0.3 is 0 Å². The molecule has 0 spiro atoms. The van der Waals surface area contributed by atoms with Crippen LogP contribution >= 0.6 is 22.7 Å². The molecule has 33 heavy (non-hydrogen) atoms. The molecule has 1 aliphatic rings. The van der Waals surface area contributed by atoms with E-state index in [9.17, 15) is 0 Å². The summed E-state index contributed by atoms with van der Waals surface area (Å²) in [5.74, 6) is 0. The fourth-order valence-electron chi connectivity index (χ4n) is 5.88. The first-order valence-electron chi connectivity index (χ1n) is 11.5. The maximum Gasteiger partial charge on any atom is 0.0367 e. The molecule has 6 aromatic rings. The predicted octanol–water partition coefficient (Wildman–Crippen LogP) is 10.2. The molecule has 0 N–H and O–H groups in total. The van der Waals surface area contributed by atoms with Crippen molar-refractivity contribution in [2.24, 2.45) is 0 Å². The van der Waals surface area contributed by atoms with E-state index in [0.29, 0.717) is 0 Å². The molecule has 0 bridgehead atoms. The van der Waals surface area contributed by atoms with Gasteiger partial charge in [-0.15, -0.1) is 22.7 Å². The van der Waals surface area contributed by atoms with Crippen molar-refractivity contribution in [2.45, 2.75) is 33.1 Å². The van der Waals surface area contributed by atoms with Crippen LogP contribution in [0.5, 0.6) is 0 Å². The summed E-state index contributed by atoms with van der Waals surface area (Å²) >= 11 is 3.76. The van der Waals surface area contributed by atoms with Crippen LogP contribution in [-0.2, 0) is 5.41 Å². The molecule has 2 aromatic heterocycles. The van der Waals surface area contributed by atoms with Crippen LogP contribution in [-0.4, -0.2) is 0 Å². The summed E-state index contributed by atoms with van der Waals surface area (Å²) in [5, 5.41) is 10.4. The molecular formula is C31H24S2. The fourth-order valence-corrected chi connectivity index (χ4v) is 7.87. The van der Waals surface area contributed by atoms with Gasteiger partial charge in [-0.1, -0.05) is 61.9 Å². The molecule has 0 radical (unpaired) electrons. The quantitative estimate of drug-likeness (QED) is 0.214. The number of rotatable bonds is 1. The van der Waals surface area contributed by atoms with Crippen LogP contribution in [0.4, 0.5) is 0 Å². The Bertz CT molecular complexity index is 1760. The van der Waals surface area contributed by atoms with Gasteiger partial charge in [0.1, 0.15) is 0 Å². The van der Waals surface area contributed by atoms with Gasteiger partial charge >= 0.3 is 0 Å². The van der Waals surface area contributed by atoms with Crippen molar-refractivity contribution in [1.82, 2.24) is 0 Å². The topological polar surface area (TPSA) is 0 Å². The molecule has 0 saturated carbocycles. The van der Waals surface area contributed by atoms with Gasteiger partial charge in [0.2, 0.25) is 0 Å². The SMILES string of the molecule is CC1=C(C)C(C)(C)c2cccc3c(-c4cc5cc6sccc6cc5s4)c4ccccc4c1c23. The summed E-state index contributed by atoms with van der Waals surface area (Å²) < 4.78 is 2.74. The van der Waals surface area contributed by atoms with Crippen molar-refractivity contribution < 1.29 is 0 Å². The highest BCUT2D eigenvalue weighted by molar-refractivity contribution is 7.23. The zero-order chi connectivity index (χ0) is 22.5. The van der Waals surface area contributed by atoms with Crippen LogP contribution in [0, 0.1) is 0 Å². The smallest absolute Gasteiger partial charge is 0.0367 e. The molecule has 0 fully saturated rings. The molecule has 2 heteroatoms. The van der Waals surface area contributed by atoms with Crippen LogP contribution in [0.2, 0.25) is 0 Å². The highest BCUT2D eigenvalue weighted by Crippen LogP contribution is 2.52. The van der Waals surface area contributed by atoms with Gasteiger partial charge in [-0.2, -0.15) is 0 Å². The molecule has 0 nitrogen and oxygen atoms in total. The molecule has 0 amide bonds. The zero-order valence-corrected chi connectivity index (χ0v) is 20.9. The minimum atomic E-state index is 0.0286. The van der Waals surface area contributed by atoms with Gasteiger partial charge in [0.15, 0.2) is 0 Å². The highest BCUT2D eigenvalue weighted by atomic mass is 32.1. The van der Waals surface area contributed by atoms with Gasteiger partial charge in [-0.25, -0.2) is 0 Å². The number of benzene rings is 4. The maximum atomic E-state index is 2.41. The van der Waals surface area contributed by atoms with E-state index in [-0.39, 0.29) is 5.41 Å². The Morgan fingerprint density at radius 2 is 1.42 bits per heavy atom. The van der Waals surface area contributed by atoms with E-state index in [1.807, 2.05) is 22.7 Å². The average molecular weight is 461 g/mol. The van der Waals surface area contributed by atoms with Gasteiger partial charge in [0, 0.05) is 25.3 Å². The Morgan fingerprint density at radius 1 is 0.697 bits per heavy atom. The number of fused-ring (bicyclic) bond motifs is 4. The molecule has 0 atom stereocenters. The molecule has 7 rings (SSSR count). The molecule has 0 aliphatic heterocycles. The largest absolute Gasteiger partial charge is 0.144 e. The van der Waals surface area contributed by atoms with E-state index in [2.05, 4.69) is 99.8 Å². The normalized spacial score (nSPS) is 15.4. The van der Waals surface area contributed by atoms with Crippen molar-refractivity contribution in [3.05, 3.63) is 88.8 Å². The lowest BCUT2D eigenvalue weighted by atomic mass is 9.68. The van der Waals surface area contributed by atoms with E-state index in [1.165, 1.54) is 74.4 Å². The number of allylic oxidation sites excluding steroid dienone is 2. The Kier molecular flexibility index (Phi) is 3.88. The first kappa shape index (κ1) is 19.5. The zero-order valence-electron chi connectivity index (χ0n) is 19.2. The van der Waals surface area contributed by atoms with Crippen molar-refractivity contribution in [3.63, 3.8) is 0 Å². The molecule has 1 aliphatic carbocycles. The average Bonchev–Trinajstić information content (AvgIpc) is 3.44. The molecule has 4 aromatic carbocycles. The first-order valence-corrected chi connectivity index (χ1v) is 13.2. The lowest BCUT2D eigenvalue weighted by molar-refractivity contribution is 0.627. The lowest BCUT2D eigenvalue weighted by Crippen LogP contribution is -2.23. The lowest BCUT2D eigenvalue weighted by Gasteiger charge is -2.36. The fraction of sp³-hybridized carbons (Fsp3) is 0.161. The molecule has 0 saturated heterocycles. The second-order valence-corrected chi connectivity index (χ2v) is 11.9. The third-order valence-corrected chi connectivity index (χ3v) is 9.93. The third kappa shape index (κ3) is 2.51. The number of hydrogen-bond donors (Lipinski definition) is 0. The highest BCUT2D eigenvalue weighted by Gasteiger charge is 2.33. The Morgan fingerprint density at radius 3 is 2.24 bits per heavy atom. The van der Waals surface area contributed by atoms with E-state index < -0.39 is 0 Å². The Balaban J connectivity index is 1.67. The van der Waals surface area contributed by atoms with Crippen molar-refractivity contribution >= 4 is 70.0 Å². The van der Waals surface area contributed by atoms with E-state index in [0.717, 1.165) is 0 Å². The van der Waals surface area contributed by atoms with Gasteiger partial charge in [-0.05, 0) is 92.5 Å². The molecular weight excluding hydrogens is 436 g/mol. The molecule has 0 unspecified atom stereocenters. The number of thiophene rings is 2. The second-order valence-electron chi connectivity index (χ2n) is 9.86. The monoisotopic (exact) mass is 460 g/mol. The van der Waals surface area contributed by atoms with E-state index in [1.54, 1.807) is 0 Å². The van der Waals surface area contributed by atoms with Gasteiger partial charge in [0.05, 0.1) is 0 Å². The summed E-state index contributed by atoms with van der Waals surface area (Å²) in [6.45, 7) is 9.40. The number of hydrogen-bond acceptors (Lipinski definition) is 2. The maximum absolute atomic E-state index is 2.41. The van der Waals surface area contributed by atoms with E-state index >= 15 is 0 Å². The van der Waals surface area contributed by atoms with Crippen molar-refractivity contribution in [2.75, 3.05) is 0 Å². The summed E-state index contributed by atoms with van der Waals surface area (Å²) in [5.41, 5.74) is 7.20. The minimum absolute atomic E-state index is 0.0286. The van der Waals surface area contributed by atoms with Crippen LogP contribution in [0.1, 0.15) is 38.8 Å². The first-order chi connectivity index (χ1) is 15.9. The summed E-state index contributed by atoms with van der Waals surface area (Å²) in [6.07, 6.45) is 0. The predicted molar refractivity (Wildman–Crippen MR) is 149 cm³/mol. The standard InChI is InChI=1S/C31H24S2/c1-17-18(2)31(3,4)24-11-7-10-23-29(22-9-6-5-8-21(22)28(17)30(23)24)27-16-20-15-25-19(12-13-32-25)14-26(20)33-27/h5-16H,1-4H3. The third-order valence-electron chi connectivity index (χ3n) is 7.94. The Hall–Kier alpha value is -2.94. The summed E-state index contributed by atoms with van der Waals surface area (Å²) in [6, 6.07) is 25.4. The van der Waals surface area contributed by atoms with Crippen LogP contribution in [0.15, 0.2) is 77.7 Å².